The third kappa shape index (κ3) is 6.44. The number of sulfonamides is 1. The van der Waals surface area contributed by atoms with Gasteiger partial charge in [0.2, 0.25) is 21.8 Å². The highest BCUT2D eigenvalue weighted by Gasteiger charge is 2.28. The van der Waals surface area contributed by atoms with Gasteiger partial charge >= 0.3 is 0 Å². The molecule has 0 fully saturated rings. The molecule has 0 aromatic heterocycles. The van der Waals surface area contributed by atoms with E-state index in [1.165, 1.54) is 14.0 Å². The lowest BCUT2D eigenvalue weighted by Gasteiger charge is -2.23. The first-order valence-corrected chi connectivity index (χ1v) is 14.0. The first-order valence-electron chi connectivity index (χ1n) is 12.1. The van der Waals surface area contributed by atoms with E-state index in [-0.39, 0.29) is 24.0 Å². The molecule has 4 N–H and O–H groups in total. The summed E-state index contributed by atoms with van der Waals surface area (Å²) in [4.78, 5) is 36.5. The zero-order valence-corrected chi connectivity index (χ0v) is 22.6. The molecule has 4 rings (SSSR count). The molecule has 3 amide bonds. The number of fused-ring (bicyclic) bond motifs is 1. The highest BCUT2D eigenvalue weighted by atomic mass is 32.2. The molecule has 1 heterocycles. The second kappa shape index (κ2) is 11.4. The van der Waals surface area contributed by atoms with Gasteiger partial charge in [0.15, 0.2) is 0 Å². The first kappa shape index (κ1) is 27.4. The van der Waals surface area contributed by atoms with Crippen molar-refractivity contribution < 1.29 is 22.8 Å². The van der Waals surface area contributed by atoms with Gasteiger partial charge in [-0.15, -0.1) is 0 Å². The lowest BCUT2D eigenvalue weighted by atomic mass is 9.99. The Hall–Kier alpha value is -4.64. The standard InChI is InChI=1S/C28H29N5O5S/c1-18(34)30-16-19-11-13-20(14-12-19)27(26-23-9-4-5-10-24(23)32-28(26)36)31-21-7-6-8-22(15-21)33(39(3,37)38)17-25(35)29-2/h4-15,31H,16-17H2,1-3H3,(H,29,35)(H,30,34)(H,32,36)/b27-26-. The molecule has 0 aliphatic carbocycles. The minimum absolute atomic E-state index is 0.137. The van der Waals surface area contributed by atoms with Crippen molar-refractivity contribution in [2.75, 3.05) is 34.8 Å². The van der Waals surface area contributed by atoms with Gasteiger partial charge in [0.1, 0.15) is 6.54 Å². The molecule has 0 atom stereocenters. The summed E-state index contributed by atoms with van der Waals surface area (Å²) in [6, 6.07) is 21.4. The third-order valence-corrected chi connectivity index (χ3v) is 7.22. The van der Waals surface area contributed by atoms with E-state index >= 15 is 0 Å². The minimum Gasteiger partial charge on any atom is -0.358 e. The van der Waals surface area contributed by atoms with Gasteiger partial charge in [-0.05, 0) is 35.4 Å². The molecule has 10 nitrogen and oxygen atoms in total. The molecule has 0 unspecified atom stereocenters. The monoisotopic (exact) mass is 547 g/mol. The summed E-state index contributed by atoms with van der Waals surface area (Å²) in [5.74, 6) is -0.878. The SMILES string of the molecule is CNC(=O)CN(c1cccc(N/C(=C2\C(=O)Nc3ccccc32)c2ccc(CNC(C)=O)cc2)c1)S(C)(=O)=O. The van der Waals surface area contributed by atoms with Gasteiger partial charge in [-0.1, -0.05) is 48.5 Å². The van der Waals surface area contributed by atoms with Gasteiger partial charge in [-0.25, -0.2) is 8.42 Å². The summed E-state index contributed by atoms with van der Waals surface area (Å²) in [6.07, 6.45) is 1.03. The van der Waals surface area contributed by atoms with E-state index in [0.29, 0.717) is 34.8 Å². The first-order chi connectivity index (χ1) is 18.6. The predicted molar refractivity (Wildman–Crippen MR) is 152 cm³/mol. The maximum atomic E-state index is 13.2. The second-order valence-corrected chi connectivity index (χ2v) is 10.9. The maximum Gasteiger partial charge on any atom is 0.258 e. The van der Waals surface area contributed by atoms with Crippen molar-refractivity contribution in [3.05, 3.63) is 89.5 Å². The molecule has 39 heavy (non-hydrogen) atoms. The largest absolute Gasteiger partial charge is 0.358 e. The third-order valence-electron chi connectivity index (χ3n) is 6.08. The number of nitrogens with zero attached hydrogens (tertiary/aromatic N) is 1. The highest BCUT2D eigenvalue weighted by molar-refractivity contribution is 7.92. The average Bonchev–Trinajstić information content (AvgIpc) is 3.24. The number of carbonyl (C=O) groups excluding carboxylic acids is 3. The lowest BCUT2D eigenvalue weighted by molar-refractivity contribution is -0.119. The second-order valence-electron chi connectivity index (χ2n) is 8.97. The molecule has 0 radical (unpaired) electrons. The molecule has 202 valence electrons. The van der Waals surface area contributed by atoms with Gasteiger partial charge in [0.05, 0.1) is 23.2 Å². The van der Waals surface area contributed by atoms with E-state index < -0.39 is 15.9 Å². The van der Waals surface area contributed by atoms with E-state index in [2.05, 4.69) is 21.3 Å². The normalized spacial score (nSPS) is 13.7. The van der Waals surface area contributed by atoms with Crippen LogP contribution in [0.5, 0.6) is 0 Å². The van der Waals surface area contributed by atoms with Gasteiger partial charge < -0.3 is 21.3 Å². The van der Waals surface area contributed by atoms with Crippen LogP contribution in [0.25, 0.3) is 11.3 Å². The quantitative estimate of drug-likeness (QED) is 0.304. The summed E-state index contributed by atoms with van der Waals surface area (Å²) >= 11 is 0. The molecular weight excluding hydrogens is 518 g/mol. The molecule has 0 saturated heterocycles. The summed E-state index contributed by atoms with van der Waals surface area (Å²) in [5.41, 5.74) is 4.74. The fourth-order valence-electron chi connectivity index (χ4n) is 4.15. The fourth-order valence-corrected chi connectivity index (χ4v) is 5.00. The van der Waals surface area contributed by atoms with Gasteiger partial charge in [0, 0.05) is 37.5 Å². The maximum absolute atomic E-state index is 13.2. The van der Waals surface area contributed by atoms with Crippen LogP contribution in [-0.2, 0) is 31.0 Å². The van der Waals surface area contributed by atoms with Crippen molar-refractivity contribution in [3.8, 4) is 0 Å². The number of nitrogens with one attached hydrogen (secondary N) is 4. The molecule has 3 aromatic rings. The van der Waals surface area contributed by atoms with Gasteiger partial charge in [0.25, 0.3) is 5.91 Å². The Kier molecular flexibility index (Phi) is 8.01. The van der Waals surface area contributed by atoms with Crippen molar-refractivity contribution in [2.24, 2.45) is 0 Å². The number of carbonyl (C=O) groups is 3. The Balaban J connectivity index is 1.78. The number of likely N-dealkylation sites (N-methyl/N-ethyl adjacent to an activating group) is 1. The summed E-state index contributed by atoms with van der Waals surface area (Å²) < 4.78 is 26.0. The topological polar surface area (TPSA) is 137 Å². The number of para-hydroxylation sites is 1. The number of hydrogen-bond acceptors (Lipinski definition) is 6. The molecule has 0 saturated carbocycles. The van der Waals surface area contributed by atoms with Crippen LogP contribution in [0.15, 0.2) is 72.8 Å². The number of amides is 3. The molecule has 0 bridgehead atoms. The number of anilines is 3. The lowest BCUT2D eigenvalue weighted by Crippen LogP contribution is -2.39. The average molecular weight is 548 g/mol. The molecule has 1 aliphatic rings. The van der Waals surface area contributed by atoms with E-state index in [9.17, 15) is 22.8 Å². The summed E-state index contributed by atoms with van der Waals surface area (Å²) in [6.45, 7) is 1.44. The van der Waals surface area contributed by atoms with Crippen LogP contribution in [0.2, 0.25) is 0 Å². The Morgan fingerprint density at radius 2 is 1.69 bits per heavy atom. The van der Waals surface area contributed by atoms with Crippen LogP contribution in [0.1, 0.15) is 23.6 Å². The number of benzene rings is 3. The van der Waals surface area contributed by atoms with Crippen molar-refractivity contribution in [1.29, 1.82) is 0 Å². The highest BCUT2D eigenvalue weighted by Crippen LogP contribution is 2.37. The van der Waals surface area contributed by atoms with Crippen LogP contribution in [0, 0.1) is 0 Å². The van der Waals surface area contributed by atoms with Crippen LogP contribution in [-0.4, -0.2) is 46.0 Å². The molecular formula is C28H29N5O5S. The van der Waals surface area contributed by atoms with Crippen LogP contribution in [0.3, 0.4) is 0 Å². The number of hydrogen-bond donors (Lipinski definition) is 4. The van der Waals surface area contributed by atoms with Crippen LogP contribution >= 0.6 is 0 Å². The Morgan fingerprint density at radius 3 is 2.36 bits per heavy atom. The smallest absolute Gasteiger partial charge is 0.258 e. The Labute approximate surface area is 227 Å². The minimum atomic E-state index is -3.76. The van der Waals surface area contributed by atoms with Gasteiger partial charge in [-0.2, -0.15) is 0 Å². The Morgan fingerprint density at radius 1 is 0.974 bits per heavy atom. The van der Waals surface area contributed by atoms with Gasteiger partial charge in [-0.3, -0.25) is 18.7 Å². The fraction of sp³-hybridized carbons (Fsp3) is 0.179. The molecule has 3 aromatic carbocycles. The van der Waals surface area contributed by atoms with E-state index in [4.69, 9.17) is 0 Å². The predicted octanol–water partition coefficient (Wildman–Crippen LogP) is 2.77. The number of rotatable bonds is 9. The van der Waals surface area contributed by atoms with Crippen LogP contribution < -0.4 is 25.6 Å². The van der Waals surface area contributed by atoms with E-state index in [1.54, 1.807) is 24.3 Å². The van der Waals surface area contributed by atoms with Crippen molar-refractivity contribution in [3.63, 3.8) is 0 Å². The summed E-state index contributed by atoms with van der Waals surface area (Å²) in [7, 11) is -2.33. The van der Waals surface area contributed by atoms with Crippen molar-refractivity contribution >= 4 is 56.1 Å². The van der Waals surface area contributed by atoms with E-state index in [1.807, 2.05) is 48.5 Å². The Bertz CT molecular complexity index is 1570. The zero-order valence-electron chi connectivity index (χ0n) is 21.7. The zero-order chi connectivity index (χ0) is 28.2. The van der Waals surface area contributed by atoms with E-state index in [0.717, 1.165) is 21.7 Å². The van der Waals surface area contributed by atoms with Crippen LogP contribution in [0.4, 0.5) is 17.1 Å². The summed E-state index contributed by atoms with van der Waals surface area (Å²) in [5, 5.41) is 11.4. The van der Waals surface area contributed by atoms with Crippen molar-refractivity contribution in [2.45, 2.75) is 13.5 Å². The molecule has 11 heteroatoms. The van der Waals surface area contributed by atoms with Crippen molar-refractivity contribution in [1.82, 2.24) is 10.6 Å². The molecule has 1 aliphatic heterocycles. The molecule has 0 spiro atoms.